The molecule has 1 aliphatic rings. The number of nitrogens with zero attached hydrogens (tertiary/aromatic N) is 2. The summed E-state index contributed by atoms with van der Waals surface area (Å²) in [4.78, 5) is 38.2. The number of anilines is 2. The van der Waals surface area contributed by atoms with Crippen molar-refractivity contribution in [3.8, 4) is 0 Å². The zero-order chi connectivity index (χ0) is 18.4. The van der Waals surface area contributed by atoms with E-state index in [1.54, 1.807) is 12.1 Å². The van der Waals surface area contributed by atoms with Crippen LogP contribution in [0.2, 0.25) is 0 Å². The lowest BCUT2D eigenvalue weighted by Gasteiger charge is -2.36. The third kappa shape index (κ3) is 5.10. The summed E-state index contributed by atoms with van der Waals surface area (Å²) in [5.74, 6) is -0.910. The van der Waals surface area contributed by atoms with Crippen LogP contribution in [0.4, 0.5) is 16.2 Å². The first-order chi connectivity index (χ1) is 11.9. The number of rotatable bonds is 5. The van der Waals surface area contributed by atoms with Crippen LogP contribution < -0.4 is 15.5 Å². The molecule has 1 fully saturated rings. The highest BCUT2D eigenvalue weighted by atomic mass is 16.4. The molecule has 0 aliphatic carbocycles. The number of carboxylic acid groups (broad SMARTS) is 1. The Morgan fingerprint density at radius 1 is 1.12 bits per heavy atom. The number of carbonyl (C=O) groups is 3. The maximum absolute atomic E-state index is 11.7. The van der Waals surface area contributed by atoms with Crippen LogP contribution >= 0.6 is 0 Å². The van der Waals surface area contributed by atoms with Crippen LogP contribution in [0, 0.1) is 0 Å². The smallest absolute Gasteiger partial charge is 0.325 e. The summed E-state index contributed by atoms with van der Waals surface area (Å²) in [6, 6.07) is 5.81. The molecule has 1 aromatic rings. The summed E-state index contributed by atoms with van der Waals surface area (Å²) < 4.78 is 0. The molecule has 136 valence electrons. The average Bonchev–Trinajstić information content (AvgIpc) is 2.61. The molecule has 3 N–H and O–H groups in total. The molecular weight excluding hydrogens is 324 g/mol. The van der Waals surface area contributed by atoms with E-state index in [9.17, 15) is 14.4 Å². The molecule has 1 aromatic carbocycles. The molecule has 1 heterocycles. The van der Waals surface area contributed by atoms with E-state index in [1.807, 2.05) is 24.0 Å². The van der Waals surface area contributed by atoms with E-state index in [0.29, 0.717) is 25.2 Å². The first kappa shape index (κ1) is 18.6. The molecule has 0 saturated carbocycles. The number of piperazine rings is 1. The number of benzene rings is 1. The summed E-state index contributed by atoms with van der Waals surface area (Å²) in [6.45, 7) is 6.23. The predicted octanol–water partition coefficient (Wildman–Crippen LogP) is 1.34. The normalized spacial score (nSPS) is 15.4. The van der Waals surface area contributed by atoms with Crippen LogP contribution in [0.25, 0.3) is 0 Å². The number of amides is 3. The second kappa shape index (κ2) is 8.36. The molecule has 0 aromatic heterocycles. The largest absolute Gasteiger partial charge is 0.480 e. The Morgan fingerprint density at radius 2 is 1.72 bits per heavy atom. The van der Waals surface area contributed by atoms with Gasteiger partial charge >= 0.3 is 12.0 Å². The third-order valence-corrected chi connectivity index (χ3v) is 4.14. The number of urea groups is 1. The molecule has 1 unspecified atom stereocenters. The average molecular weight is 348 g/mol. The van der Waals surface area contributed by atoms with Gasteiger partial charge in [-0.15, -0.1) is 0 Å². The van der Waals surface area contributed by atoms with Crippen LogP contribution in [-0.4, -0.2) is 60.1 Å². The van der Waals surface area contributed by atoms with Gasteiger partial charge in [-0.05, 0) is 31.2 Å². The monoisotopic (exact) mass is 348 g/mol. The van der Waals surface area contributed by atoms with Crippen LogP contribution in [0.1, 0.15) is 20.3 Å². The maximum Gasteiger partial charge on any atom is 0.325 e. The first-order valence-electron chi connectivity index (χ1n) is 8.33. The van der Waals surface area contributed by atoms with Gasteiger partial charge in [0.15, 0.2) is 0 Å². The summed E-state index contributed by atoms with van der Waals surface area (Å²) in [5, 5.41) is 13.7. The van der Waals surface area contributed by atoms with Crippen LogP contribution in [0.5, 0.6) is 0 Å². The minimum Gasteiger partial charge on any atom is -0.480 e. The molecule has 8 nitrogen and oxygen atoms in total. The van der Waals surface area contributed by atoms with Crippen molar-refractivity contribution in [2.75, 3.05) is 36.4 Å². The van der Waals surface area contributed by atoms with E-state index in [4.69, 9.17) is 5.11 Å². The first-order valence-corrected chi connectivity index (χ1v) is 8.33. The highest BCUT2D eigenvalue weighted by Gasteiger charge is 2.20. The van der Waals surface area contributed by atoms with Crippen molar-refractivity contribution in [3.05, 3.63) is 24.3 Å². The van der Waals surface area contributed by atoms with Gasteiger partial charge in [0.25, 0.3) is 0 Å². The van der Waals surface area contributed by atoms with Crippen molar-refractivity contribution in [2.45, 2.75) is 26.3 Å². The molecule has 2 rings (SSSR count). The van der Waals surface area contributed by atoms with Crippen molar-refractivity contribution in [1.82, 2.24) is 10.2 Å². The fourth-order valence-electron chi connectivity index (χ4n) is 2.62. The van der Waals surface area contributed by atoms with E-state index >= 15 is 0 Å². The lowest BCUT2D eigenvalue weighted by molar-refractivity contribution is -0.138. The van der Waals surface area contributed by atoms with Gasteiger partial charge in [0.1, 0.15) is 6.04 Å². The fraction of sp³-hybridized carbons (Fsp3) is 0.471. The zero-order valence-corrected chi connectivity index (χ0v) is 14.5. The number of carbonyl (C=O) groups excluding carboxylic acids is 2. The molecule has 1 atom stereocenters. The van der Waals surface area contributed by atoms with Crippen molar-refractivity contribution < 1.29 is 19.5 Å². The lowest BCUT2D eigenvalue weighted by Crippen LogP contribution is -2.48. The van der Waals surface area contributed by atoms with Crippen molar-refractivity contribution in [1.29, 1.82) is 0 Å². The van der Waals surface area contributed by atoms with Gasteiger partial charge in [-0.25, -0.2) is 4.79 Å². The Kier molecular flexibility index (Phi) is 6.21. The van der Waals surface area contributed by atoms with E-state index in [0.717, 1.165) is 18.8 Å². The Morgan fingerprint density at radius 3 is 2.24 bits per heavy atom. The SMILES string of the molecule is CCC(=O)N1CCN(c2ccc(NC(=O)NC(C)C(=O)O)cc2)CC1. The fourth-order valence-corrected chi connectivity index (χ4v) is 2.62. The molecule has 0 bridgehead atoms. The minimum absolute atomic E-state index is 0.181. The summed E-state index contributed by atoms with van der Waals surface area (Å²) >= 11 is 0. The van der Waals surface area contributed by atoms with E-state index < -0.39 is 18.0 Å². The van der Waals surface area contributed by atoms with Crippen molar-refractivity contribution in [2.24, 2.45) is 0 Å². The molecule has 25 heavy (non-hydrogen) atoms. The van der Waals surface area contributed by atoms with Gasteiger partial charge in [0.05, 0.1) is 0 Å². The van der Waals surface area contributed by atoms with Gasteiger partial charge < -0.3 is 25.5 Å². The minimum atomic E-state index is -1.09. The Labute approximate surface area is 146 Å². The van der Waals surface area contributed by atoms with Crippen LogP contribution in [0.15, 0.2) is 24.3 Å². The Bertz CT molecular complexity index is 624. The van der Waals surface area contributed by atoms with Crippen molar-refractivity contribution in [3.63, 3.8) is 0 Å². The van der Waals surface area contributed by atoms with Crippen LogP contribution in [0.3, 0.4) is 0 Å². The highest BCUT2D eigenvalue weighted by Crippen LogP contribution is 2.19. The van der Waals surface area contributed by atoms with Gasteiger partial charge in [-0.2, -0.15) is 0 Å². The maximum atomic E-state index is 11.7. The summed E-state index contributed by atoms with van der Waals surface area (Å²) in [6.07, 6.45) is 0.531. The second-order valence-corrected chi connectivity index (χ2v) is 5.93. The quantitative estimate of drug-likeness (QED) is 0.745. The Balaban J connectivity index is 1.87. The number of carboxylic acids is 1. The second-order valence-electron chi connectivity index (χ2n) is 5.93. The summed E-state index contributed by atoms with van der Waals surface area (Å²) in [5.41, 5.74) is 1.60. The predicted molar refractivity (Wildman–Crippen MR) is 94.8 cm³/mol. The van der Waals surface area contributed by atoms with Gasteiger partial charge in [0, 0.05) is 44.0 Å². The number of nitrogens with one attached hydrogen (secondary N) is 2. The summed E-state index contributed by atoms with van der Waals surface area (Å²) in [7, 11) is 0. The number of aliphatic carboxylic acids is 1. The molecule has 0 radical (unpaired) electrons. The standard InChI is InChI=1S/C17H24N4O4/c1-3-15(22)21-10-8-20(9-11-21)14-6-4-13(5-7-14)19-17(25)18-12(2)16(23)24/h4-7,12H,3,8-11H2,1-2H3,(H,23,24)(H2,18,19,25). The van der Waals surface area contributed by atoms with Gasteiger partial charge in [-0.3, -0.25) is 9.59 Å². The third-order valence-electron chi connectivity index (χ3n) is 4.14. The number of hydrogen-bond acceptors (Lipinski definition) is 4. The van der Waals surface area contributed by atoms with Gasteiger partial charge in [0.2, 0.25) is 5.91 Å². The van der Waals surface area contributed by atoms with E-state index in [1.165, 1.54) is 6.92 Å². The van der Waals surface area contributed by atoms with Crippen LogP contribution in [-0.2, 0) is 9.59 Å². The molecule has 1 aliphatic heterocycles. The van der Waals surface area contributed by atoms with Gasteiger partial charge in [-0.1, -0.05) is 6.92 Å². The van der Waals surface area contributed by atoms with Crippen molar-refractivity contribution >= 4 is 29.3 Å². The number of hydrogen-bond donors (Lipinski definition) is 3. The van der Waals surface area contributed by atoms with E-state index in [2.05, 4.69) is 15.5 Å². The topological polar surface area (TPSA) is 102 Å². The molecule has 8 heteroatoms. The van der Waals surface area contributed by atoms with E-state index in [-0.39, 0.29) is 5.91 Å². The highest BCUT2D eigenvalue weighted by molar-refractivity contribution is 5.92. The zero-order valence-electron chi connectivity index (χ0n) is 14.5. The molecule has 1 saturated heterocycles. The molecular formula is C17H24N4O4. The Hall–Kier alpha value is -2.77. The molecule has 3 amide bonds. The lowest BCUT2D eigenvalue weighted by atomic mass is 10.2. The molecule has 0 spiro atoms.